The lowest BCUT2D eigenvalue weighted by Crippen LogP contribution is -2.37. The third kappa shape index (κ3) is 2.70. The molecule has 1 saturated carbocycles. The van der Waals surface area contributed by atoms with Gasteiger partial charge in [-0.15, -0.1) is 0 Å². The lowest BCUT2D eigenvalue weighted by Gasteiger charge is -2.19. The Labute approximate surface area is 143 Å². The number of ether oxygens (including phenoxy) is 1. The van der Waals surface area contributed by atoms with Crippen molar-refractivity contribution < 1.29 is 9.15 Å². The quantitative estimate of drug-likeness (QED) is 0.786. The summed E-state index contributed by atoms with van der Waals surface area (Å²) in [5, 5.41) is 7.85. The second-order valence-corrected chi connectivity index (χ2v) is 6.66. The van der Waals surface area contributed by atoms with E-state index < -0.39 is 0 Å². The molecule has 2 atom stereocenters. The predicted octanol–water partition coefficient (Wildman–Crippen LogP) is 2.31. The van der Waals surface area contributed by atoms with Crippen molar-refractivity contribution in [2.75, 3.05) is 18.5 Å². The third-order valence-corrected chi connectivity index (χ3v) is 4.81. The molecule has 0 radical (unpaired) electrons. The third-order valence-electron chi connectivity index (χ3n) is 4.81. The Kier molecular flexibility index (Phi) is 3.34. The van der Waals surface area contributed by atoms with Crippen molar-refractivity contribution in [2.45, 2.75) is 30.8 Å². The Bertz CT molecular complexity index is 943. The van der Waals surface area contributed by atoms with Crippen LogP contribution in [0.1, 0.15) is 30.5 Å². The minimum atomic E-state index is -0.179. The van der Waals surface area contributed by atoms with Crippen LogP contribution < -0.4 is 10.9 Å². The number of hydrogen-bond donors (Lipinski definition) is 1. The molecule has 128 valence electrons. The lowest BCUT2D eigenvalue weighted by atomic mass is 10.1. The summed E-state index contributed by atoms with van der Waals surface area (Å²) < 4.78 is 12.9. The highest BCUT2D eigenvalue weighted by Gasteiger charge is 2.34. The number of fused-ring (bicyclic) bond motifs is 1. The molecule has 25 heavy (non-hydrogen) atoms. The number of hydrogen-bond acceptors (Lipinski definition) is 6. The largest absolute Gasteiger partial charge is 0.424 e. The number of nitrogens with zero attached hydrogens (tertiary/aromatic N) is 3. The molecule has 3 aromatic rings. The first kappa shape index (κ1) is 14.7. The average Bonchev–Trinajstić information content (AvgIpc) is 3.23. The van der Waals surface area contributed by atoms with Crippen LogP contribution in [0.5, 0.6) is 0 Å². The van der Waals surface area contributed by atoms with Gasteiger partial charge in [0.1, 0.15) is 11.6 Å². The molecule has 2 aromatic heterocycles. The van der Waals surface area contributed by atoms with Crippen molar-refractivity contribution in [1.29, 1.82) is 0 Å². The van der Waals surface area contributed by atoms with Crippen molar-refractivity contribution in [3.05, 3.63) is 52.4 Å². The van der Waals surface area contributed by atoms with Crippen LogP contribution in [-0.2, 0) is 4.74 Å². The number of nitrogens with one attached hydrogen (secondary N) is 1. The topological polar surface area (TPSA) is 82.2 Å². The van der Waals surface area contributed by atoms with Gasteiger partial charge < -0.3 is 14.5 Å². The summed E-state index contributed by atoms with van der Waals surface area (Å²) >= 11 is 0. The molecular weight excluding hydrogens is 320 g/mol. The van der Waals surface area contributed by atoms with Gasteiger partial charge in [0, 0.05) is 12.0 Å². The van der Waals surface area contributed by atoms with E-state index in [1.807, 2.05) is 30.3 Å². The normalized spacial score (nSPS) is 23.2. The molecule has 0 amide bonds. The maximum absolute atomic E-state index is 12.3. The molecule has 1 aromatic carbocycles. The number of rotatable bonds is 4. The van der Waals surface area contributed by atoms with Crippen LogP contribution in [0.4, 0.5) is 6.01 Å². The van der Waals surface area contributed by atoms with Gasteiger partial charge in [0.05, 0.1) is 24.9 Å². The van der Waals surface area contributed by atoms with Gasteiger partial charge in [-0.3, -0.25) is 4.79 Å². The van der Waals surface area contributed by atoms with Crippen molar-refractivity contribution >= 4 is 17.1 Å². The summed E-state index contributed by atoms with van der Waals surface area (Å²) in [6, 6.07) is 11.2. The van der Waals surface area contributed by atoms with Gasteiger partial charge in [0.15, 0.2) is 5.58 Å². The van der Waals surface area contributed by atoms with Gasteiger partial charge in [-0.05, 0) is 31.0 Å². The summed E-state index contributed by atoms with van der Waals surface area (Å²) in [4.78, 5) is 16.8. The van der Waals surface area contributed by atoms with Crippen LogP contribution in [0.25, 0.3) is 11.1 Å². The molecule has 7 heteroatoms. The molecule has 7 nitrogen and oxygen atoms in total. The molecule has 1 aliphatic heterocycles. The van der Waals surface area contributed by atoms with Crippen molar-refractivity contribution in [2.24, 2.45) is 0 Å². The van der Waals surface area contributed by atoms with Gasteiger partial charge >= 0.3 is 0 Å². The van der Waals surface area contributed by atoms with E-state index in [0.717, 1.165) is 29.6 Å². The van der Waals surface area contributed by atoms with Crippen LogP contribution in [0.2, 0.25) is 0 Å². The molecule has 2 fully saturated rings. The molecule has 3 heterocycles. The highest BCUT2D eigenvalue weighted by Crippen LogP contribution is 2.38. The zero-order chi connectivity index (χ0) is 16.8. The number of oxazole rings is 1. The van der Waals surface area contributed by atoms with E-state index in [9.17, 15) is 4.79 Å². The first-order chi connectivity index (χ1) is 12.3. The van der Waals surface area contributed by atoms with E-state index >= 15 is 0 Å². The maximum Gasteiger partial charge on any atom is 0.296 e. The Hall–Kier alpha value is -2.67. The lowest BCUT2D eigenvalue weighted by molar-refractivity contribution is 0.182. The average molecular weight is 338 g/mol. The first-order valence-corrected chi connectivity index (χ1v) is 8.57. The highest BCUT2D eigenvalue weighted by atomic mass is 16.5. The van der Waals surface area contributed by atoms with Crippen LogP contribution in [-0.4, -0.2) is 34.0 Å². The van der Waals surface area contributed by atoms with Crippen molar-refractivity contribution in [3.63, 3.8) is 0 Å². The van der Waals surface area contributed by atoms with Gasteiger partial charge in [-0.2, -0.15) is 10.1 Å². The minimum Gasteiger partial charge on any atom is -0.424 e. The van der Waals surface area contributed by atoms with Crippen LogP contribution in [0.3, 0.4) is 0 Å². The number of benzene rings is 1. The first-order valence-electron chi connectivity index (χ1n) is 8.57. The summed E-state index contributed by atoms with van der Waals surface area (Å²) in [6.07, 6.45) is 2.30. The zero-order valence-corrected chi connectivity index (χ0v) is 13.6. The molecule has 1 N–H and O–H groups in total. The number of anilines is 1. The van der Waals surface area contributed by atoms with Crippen molar-refractivity contribution in [3.8, 4) is 0 Å². The SMILES string of the molecule is O=c1ccc(C2CC2)nn1C1COCC1Nc1nc2ccccc2o1. The van der Waals surface area contributed by atoms with Crippen molar-refractivity contribution in [1.82, 2.24) is 14.8 Å². The van der Waals surface area contributed by atoms with Gasteiger partial charge in [0.25, 0.3) is 11.6 Å². The smallest absolute Gasteiger partial charge is 0.296 e. The van der Waals surface area contributed by atoms with Gasteiger partial charge in [0.2, 0.25) is 0 Å². The molecule has 1 aliphatic carbocycles. The molecule has 0 bridgehead atoms. The van der Waals surface area contributed by atoms with E-state index in [0.29, 0.717) is 25.1 Å². The standard InChI is InChI=1S/C18H18N4O3/c23-17-8-7-12(11-5-6-11)21-22(17)15-10-24-9-14(15)20-18-19-13-3-1-2-4-16(13)25-18/h1-4,7-8,11,14-15H,5-6,9-10H2,(H,19,20). The minimum absolute atomic E-state index is 0.107. The Morgan fingerprint density at radius 1 is 1.12 bits per heavy atom. The maximum atomic E-state index is 12.3. The van der Waals surface area contributed by atoms with E-state index in [4.69, 9.17) is 9.15 Å². The Balaban J connectivity index is 1.43. The highest BCUT2D eigenvalue weighted by molar-refractivity contribution is 5.74. The molecule has 2 aliphatic rings. The Morgan fingerprint density at radius 2 is 2.00 bits per heavy atom. The van der Waals surface area contributed by atoms with Crippen LogP contribution in [0.15, 0.2) is 45.6 Å². The molecule has 1 saturated heterocycles. The van der Waals surface area contributed by atoms with E-state index in [-0.39, 0.29) is 17.6 Å². The van der Waals surface area contributed by atoms with Crippen LogP contribution >= 0.6 is 0 Å². The van der Waals surface area contributed by atoms with Gasteiger partial charge in [-0.1, -0.05) is 12.1 Å². The molecule has 5 rings (SSSR count). The van der Waals surface area contributed by atoms with E-state index in [2.05, 4.69) is 15.4 Å². The van der Waals surface area contributed by atoms with Gasteiger partial charge in [-0.25, -0.2) is 4.68 Å². The molecule has 2 unspecified atom stereocenters. The number of para-hydroxylation sites is 2. The fraction of sp³-hybridized carbons (Fsp3) is 0.389. The fourth-order valence-corrected chi connectivity index (χ4v) is 3.29. The number of aromatic nitrogens is 3. The second kappa shape index (κ2) is 5.70. The van der Waals surface area contributed by atoms with E-state index in [1.54, 1.807) is 10.7 Å². The second-order valence-electron chi connectivity index (χ2n) is 6.66. The molecule has 0 spiro atoms. The summed E-state index contributed by atoms with van der Waals surface area (Å²) in [5.41, 5.74) is 2.41. The summed E-state index contributed by atoms with van der Waals surface area (Å²) in [5.74, 6) is 0.498. The zero-order valence-electron chi connectivity index (χ0n) is 13.6. The predicted molar refractivity (Wildman–Crippen MR) is 91.7 cm³/mol. The van der Waals surface area contributed by atoms with E-state index in [1.165, 1.54) is 0 Å². The fourth-order valence-electron chi connectivity index (χ4n) is 3.29. The summed E-state index contributed by atoms with van der Waals surface area (Å²) in [7, 11) is 0. The Morgan fingerprint density at radius 3 is 2.84 bits per heavy atom. The monoisotopic (exact) mass is 338 g/mol. The molecular formula is C18H18N4O3. The van der Waals surface area contributed by atoms with Crippen LogP contribution in [0, 0.1) is 0 Å². The summed E-state index contributed by atoms with van der Waals surface area (Å²) in [6.45, 7) is 0.921.